The van der Waals surface area contributed by atoms with E-state index in [2.05, 4.69) is 10.1 Å². The third-order valence-corrected chi connectivity index (χ3v) is 1.40. The summed E-state index contributed by atoms with van der Waals surface area (Å²) in [6.45, 7) is 1.51. The summed E-state index contributed by atoms with van der Waals surface area (Å²) in [5.74, 6) is 0.149. The molecule has 0 bridgehead atoms. The van der Waals surface area contributed by atoms with Gasteiger partial charge in [-0.1, -0.05) is 0 Å². The summed E-state index contributed by atoms with van der Waals surface area (Å²) >= 11 is 0. The van der Waals surface area contributed by atoms with Crippen molar-refractivity contribution in [2.45, 2.75) is 13.0 Å². The summed E-state index contributed by atoms with van der Waals surface area (Å²) in [5, 5.41) is 4.04. The maximum Gasteiger partial charge on any atom is 0.185 e. The second-order valence-corrected chi connectivity index (χ2v) is 2.43. The summed E-state index contributed by atoms with van der Waals surface area (Å²) < 4.78 is 1.85. The molecule has 0 amide bonds. The molecule has 0 aliphatic rings. The zero-order valence-corrected chi connectivity index (χ0v) is 6.85. The molecule has 0 atom stereocenters. The van der Waals surface area contributed by atoms with Crippen molar-refractivity contribution in [3.8, 4) is 0 Å². The molecule has 1 aromatic rings. The molecular formula is C7H13N5. The summed E-state index contributed by atoms with van der Waals surface area (Å²) in [6, 6.07) is 1.89. The fourth-order valence-electron chi connectivity index (χ4n) is 0.874. The topological polar surface area (TPSA) is 82.2 Å². The van der Waals surface area contributed by atoms with Crippen molar-refractivity contribution < 1.29 is 0 Å². The van der Waals surface area contributed by atoms with E-state index in [0.717, 1.165) is 13.0 Å². The third-order valence-electron chi connectivity index (χ3n) is 1.40. The number of guanidine groups is 1. The number of aryl methyl sites for hydroxylation is 1. The van der Waals surface area contributed by atoms with Gasteiger partial charge in [0.05, 0.1) is 0 Å². The average Bonchev–Trinajstić information content (AvgIpc) is 2.49. The molecule has 5 nitrogen and oxygen atoms in total. The lowest BCUT2D eigenvalue weighted by molar-refractivity contribution is 0.585. The molecule has 0 radical (unpaired) electrons. The van der Waals surface area contributed by atoms with Crippen LogP contribution < -0.4 is 11.5 Å². The van der Waals surface area contributed by atoms with Gasteiger partial charge in [0.25, 0.3) is 0 Å². The van der Waals surface area contributed by atoms with Crippen LogP contribution in [0.2, 0.25) is 0 Å². The maximum atomic E-state index is 5.16. The van der Waals surface area contributed by atoms with Crippen molar-refractivity contribution >= 4 is 5.96 Å². The number of aliphatic imine (C=N–C) groups is 1. The molecule has 0 fully saturated rings. The van der Waals surface area contributed by atoms with E-state index in [-0.39, 0.29) is 5.96 Å². The number of nitrogens with zero attached hydrogens (tertiary/aromatic N) is 3. The maximum absolute atomic E-state index is 5.16. The minimum atomic E-state index is 0.149. The molecule has 0 spiro atoms. The van der Waals surface area contributed by atoms with Crippen LogP contribution in [-0.4, -0.2) is 22.3 Å². The Balaban J connectivity index is 2.16. The van der Waals surface area contributed by atoms with E-state index in [0.29, 0.717) is 6.54 Å². The van der Waals surface area contributed by atoms with Crippen molar-refractivity contribution in [1.29, 1.82) is 0 Å². The Bertz CT molecular complexity index is 234. The van der Waals surface area contributed by atoms with Crippen LogP contribution in [-0.2, 0) is 6.54 Å². The summed E-state index contributed by atoms with van der Waals surface area (Å²) in [7, 11) is 0. The molecule has 12 heavy (non-hydrogen) atoms. The molecule has 0 saturated carbocycles. The minimum absolute atomic E-state index is 0.149. The Morgan fingerprint density at radius 2 is 2.33 bits per heavy atom. The predicted molar refractivity (Wildman–Crippen MR) is 47.5 cm³/mol. The molecule has 5 heteroatoms. The fourth-order valence-corrected chi connectivity index (χ4v) is 0.874. The number of hydrogen-bond acceptors (Lipinski definition) is 2. The van der Waals surface area contributed by atoms with E-state index in [1.54, 1.807) is 6.20 Å². The summed E-state index contributed by atoms with van der Waals surface area (Å²) in [6.07, 6.45) is 4.57. The van der Waals surface area contributed by atoms with Crippen LogP contribution in [0.15, 0.2) is 23.5 Å². The van der Waals surface area contributed by atoms with Gasteiger partial charge in [-0.15, -0.1) is 0 Å². The Hall–Kier alpha value is -1.52. The highest BCUT2D eigenvalue weighted by Gasteiger charge is 1.89. The van der Waals surface area contributed by atoms with E-state index in [9.17, 15) is 0 Å². The van der Waals surface area contributed by atoms with E-state index in [1.165, 1.54) is 0 Å². The second kappa shape index (κ2) is 4.38. The van der Waals surface area contributed by atoms with Gasteiger partial charge >= 0.3 is 0 Å². The van der Waals surface area contributed by atoms with Gasteiger partial charge in [-0.2, -0.15) is 5.10 Å². The quantitative estimate of drug-likeness (QED) is 0.362. The van der Waals surface area contributed by atoms with Crippen LogP contribution in [0.5, 0.6) is 0 Å². The van der Waals surface area contributed by atoms with Crippen molar-refractivity contribution in [1.82, 2.24) is 9.78 Å². The molecule has 1 rings (SSSR count). The van der Waals surface area contributed by atoms with Gasteiger partial charge in [0.2, 0.25) is 0 Å². The van der Waals surface area contributed by atoms with Gasteiger partial charge in [-0.05, 0) is 12.5 Å². The normalized spacial score (nSPS) is 9.67. The van der Waals surface area contributed by atoms with Crippen molar-refractivity contribution in [2.24, 2.45) is 16.5 Å². The lowest BCUT2D eigenvalue weighted by Crippen LogP contribution is -2.23. The smallest absolute Gasteiger partial charge is 0.185 e. The van der Waals surface area contributed by atoms with E-state index >= 15 is 0 Å². The van der Waals surface area contributed by atoms with Crippen molar-refractivity contribution in [3.05, 3.63) is 18.5 Å². The van der Waals surface area contributed by atoms with Gasteiger partial charge < -0.3 is 11.5 Å². The van der Waals surface area contributed by atoms with Gasteiger partial charge in [0.1, 0.15) is 0 Å². The molecule has 0 saturated heterocycles. The number of hydrogen-bond donors (Lipinski definition) is 2. The number of aromatic nitrogens is 2. The van der Waals surface area contributed by atoms with Crippen LogP contribution >= 0.6 is 0 Å². The van der Waals surface area contributed by atoms with E-state index in [1.807, 2.05) is 16.9 Å². The second-order valence-electron chi connectivity index (χ2n) is 2.43. The SMILES string of the molecule is NC(N)=NCCCn1cccn1. The van der Waals surface area contributed by atoms with Crippen LogP contribution in [0.25, 0.3) is 0 Å². The van der Waals surface area contributed by atoms with Crippen LogP contribution in [0.4, 0.5) is 0 Å². The Morgan fingerprint density at radius 1 is 1.50 bits per heavy atom. The molecule has 0 aliphatic carbocycles. The first-order valence-corrected chi connectivity index (χ1v) is 3.82. The van der Waals surface area contributed by atoms with Crippen LogP contribution in [0, 0.1) is 0 Å². The zero-order chi connectivity index (χ0) is 8.81. The highest BCUT2D eigenvalue weighted by Crippen LogP contribution is 1.89. The molecule has 0 unspecified atom stereocenters. The summed E-state index contributed by atoms with van der Waals surface area (Å²) in [5.41, 5.74) is 10.3. The number of nitrogens with two attached hydrogens (primary N) is 2. The molecular weight excluding hydrogens is 154 g/mol. The fraction of sp³-hybridized carbons (Fsp3) is 0.429. The molecule has 66 valence electrons. The summed E-state index contributed by atoms with van der Waals surface area (Å²) in [4.78, 5) is 3.86. The predicted octanol–water partition coefficient (Wildman–Crippen LogP) is -0.453. The first kappa shape index (κ1) is 8.58. The van der Waals surface area contributed by atoms with Gasteiger partial charge in [0.15, 0.2) is 5.96 Å². The van der Waals surface area contributed by atoms with Crippen molar-refractivity contribution in [3.63, 3.8) is 0 Å². The highest BCUT2D eigenvalue weighted by atomic mass is 15.3. The molecule has 1 heterocycles. The monoisotopic (exact) mass is 167 g/mol. The van der Waals surface area contributed by atoms with Crippen LogP contribution in [0.1, 0.15) is 6.42 Å². The van der Waals surface area contributed by atoms with Gasteiger partial charge in [-0.25, -0.2) is 0 Å². The van der Waals surface area contributed by atoms with E-state index < -0.39 is 0 Å². The Labute approximate surface area is 71.1 Å². The first-order chi connectivity index (χ1) is 5.79. The lowest BCUT2D eigenvalue weighted by atomic mass is 10.4. The Kier molecular flexibility index (Phi) is 3.13. The van der Waals surface area contributed by atoms with E-state index in [4.69, 9.17) is 11.5 Å². The van der Waals surface area contributed by atoms with Gasteiger partial charge in [-0.3, -0.25) is 9.67 Å². The third kappa shape index (κ3) is 3.05. The molecule has 0 aliphatic heterocycles. The average molecular weight is 167 g/mol. The standard InChI is InChI=1S/C7H13N5/c8-7(9)10-3-1-5-12-6-2-4-11-12/h2,4,6H,1,3,5H2,(H4,8,9,10). The molecule has 0 aromatic carbocycles. The largest absolute Gasteiger partial charge is 0.370 e. The highest BCUT2D eigenvalue weighted by molar-refractivity contribution is 5.75. The van der Waals surface area contributed by atoms with Crippen molar-refractivity contribution in [2.75, 3.05) is 6.54 Å². The lowest BCUT2D eigenvalue weighted by Gasteiger charge is -1.97. The Morgan fingerprint density at radius 3 is 2.92 bits per heavy atom. The minimum Gasteiger partial charge on any atom is -0.370 e. The van der Waals surface area contributed by atoms with Crippen LogP contribution in [0.3, 0.4) is 0 Å². The molecule has 1 aromatic heterocycles. The zero-order valence-electron chi connectivity index (χ0n) is 6.85. The first-order valence-electron chi connectivity index (χ1n) is 3.82. The van der Waals surface area contributed by atoms with Gasteiger partial charge in [0, 0.05) is 25.5 Å². The number of rotatable bonds is 4. The molecule has 4 N–H and O–H groups in total.